The monoisotopic (exact) mass is 372 g/mol. The van der Waals surface area contributed by atoms with Gasteiger partial charge in [0.25, 0.3) is 0 Å². The molecule has 1 heterocycles. The summed E-state index contributed by atoms with van der Waals surface area (Å²) in [5, 5.41) is 13.9. The SMILES string of the molecule is C[C@H](C[C@@H](O)c1ccccc1)NS(=O)(=O)c1ccccc1-c1ccno1. The lowest BCUT2D eigenvalue weighted by molar-refractivity contribution is 0.158. The smallest absolute Gasteiger partial charge is 0.241 e. The lowest BCUT2D eigenvalue weighted by atomic mass is 10.0. The number of aliphatic hydroxyl groups excluding tert-OH is 1. The molecule has 0 saturated heterocycles. The Kier molecular flexibility index (Phi) is 5.51. The number of hydrogen-bond donors (Lipinski definition) is 2. The molecule has 0 saturated carbocycles. The van der Waals surface area contributed by atoms with E-state index in [4.69, 9.17) is 4.52 Å². The van der Waals surface area contributed by atoms with Crippen LogP contribution in [0.15, 0.2) is 76.3 Å². The highest BCUT2D eigenvalue weighted by molar-refractivity contribution is 7.89. The highest BCUT2D eigenvalue weighted by atomic mass is 32.2. The van der Waals surface area contributed by atoms with Gasteiger partial charge in [0.15, 0.2) is 5.76 Å². The molecule has 0 spiro atoms. The normalized spacial score (nSPS) is 14.1. The van der Waals surface area contributed by atoms with Crippen LogP contribution < -0.4 is 4.72 Å². The summed E-state index contributed by atoms with van der Waals surface area (Å²) in [7, 11) is -3.79. The average molecular weight is 372 g/mol. The molecule has 2 aromatic carbocycles. The van der Waals surface area contributed by atoms with E-state index in [9.17, 15) is 13.5 Å². The molecule has 0 radical (unpaired) electrons. The summed E-state index contributed by atoms with van der Waals surface area (Å²) in [5.74, 6) is 0.378. The fourth-order valence-corrected chi connectivity index (χ4v) is 4.25. The predicted molar refractivity (Wildman–Crippen MR) is 97.7 cm³/mol. The zero-order valence-corrected chi connectivity index (χ0v) is 15.1. The molecule has 0 aliphatic rings. The van der Waals surface area contributed by atoms with Crippen LogP contribution >= 0.6 is 0 Å². The summed E-state index contributed by atoms with van der Waals surface area (Å²) in [5.41, 5.74) is 1.19. The van der Waals surface area contributed by atoms with Gasteiger partial charge < -0.3 is 9.63 Å². The van der Waals surface area contributed by atoms with Crippen LogP contribution in [0.4, 0.5) is 0 Å². The van der Waals surface area contributed by atoms with E-state index in [0.717, 1.165) is 5.56 Å². The van der Waals surface area contributed by atoms with Crippen molar-refractivity contribution in [1.29, 1.82) is 0 Å². The lowest BCUT2D eigenvalue weighted by Gasteiger charge is -2.19. The summed E-state index contributed by atoms with van der Waals surface area (Å²) >= 11 is 0. The van der Waals surface area contributed by atoms with Crippen LogP contribution in [0.2, 0.25) is 0 Å². The van der Waals surface area contributed by atoms with Crippen molar-refractivity contribution < 1.29 is 18.0 Å². The van der Waals surface area contributed by atoms with E-state index >= 15 is 0 Å². The number of nitrogens with one attached hydrogen (secondary N) is 1. The van der Waals surface area contributed by atoms with Gasteiger partial charge in [-0.25, -0.2) is 13.1 Å². The largest absolute Gasteiger partial charge is 0.388 e. The van der Waals surface area contributed by atoms with Gasteiger partial charge in [-0.05, 0) is 31.0 Å². The second kappa shape index (κ2) is 7.82. The standard InChI is InChI=1S/C19H20N2O4S/c1-14(13-17(22)15-7-3-2-4-8-15)21-26(23,24)19-10-6-5-9-16(19)18-11-12-20-25-18/h2-12,14,17,21-22H,13H2,1H3/t14-,17-/m1/s1. The van der Waals surface area contributed by atoms with Gasteiger partial charge in [-0.3, -0.25) is 0 Å². The first kappa shape index (κ1) is 18.3. The van der Waals surface area contributed by atoms with Crippen molar-refractivity contribution in [1.82, 2.24) is 9.88 Å². The Hall–Kier alpha value is -2.48. The third kappa shape index (κ3) is 4.19. The Bertz CT molecular complexity index is 941. The van der Waals surface area contributed by atoms with Crippen LogP contribution in [0, 0.1) is 0 Å². The summed E-state index contributed by atoms with van der Waals surface area (Å²) in [4.78, 5) is 0.109. The number of aromatic nitrogens is 1. The van der Waals surface area contributed by atoms with Crippen LogP contribution in [0.3, 0.4) is 0 Å². The molecule has 1 aromatic heterocycles. The Labute approximate surface area is 152 Å². The molecule has 136 valence electrons. The zero-order valence-electron chi connectivity index (χ0n) is 14.2. The van der Waals surface area contributed by atoms with Crippen molar-refractivity contribution in [2.24, 2.45) is 0 Å². The van der Waals surface area contributed by atoms with Crippen molar-refractivity contribution in [2.75, 3.05) is 0 Å². The first-order valence-corrected chi connectivity index (χ1v) is 9.71. The van der Waals surface area contributed by atoms with Crippen molar-refractivity contribution in [3.05, 3.63) is 72.4 Å². The summed E-state index contributed by atoms with van der Waals surface area (Å²) in [6, 6.07) is 16.9. The number of nitrogens with zero attached hydrogens (tertiary/aromatic N) is 1. The van der Waals surface area contributed by atoms with Gasteiger partial charge in [-0.1, -0.05) is 47.6 Å². The Morgan fingerprint density at radius 2 is 1.77 bits per heavy atom. The Morgan fingerprint density at radius 3 is 2.46 bits per heavy atom. The second-order valence-corrected chi connectivity index (χ2v) is 7.74. The first-order valence-electron chi connectivity index (χ1n) is 8.23. The molecule has 0 unspecified atom stereocenters. The van der Waals surface area contributed by atoms with Gasteiger partial charge in [0.05, 0.1) is 17.2 Å². The van der Waals surface area contributed by atoms with Crippen LogP contribution in [0.25, 0.3) is 11.3 Å². The third-order valence-electron chi connectivity index (χ3n) is 4.00. The van der Waals surface area contributed by atoms with Crippen molar-refractivity contribution >= 4 is 10.0 Å². The Balaban J connectivity index is 1.77. The predicted octanol–water partition coefficient (Wildman–Crippen LogP) is 3.13. The van der Waals surface area contributed by atoms with Gasteiger partial charge in [0.2, 0.25) is 10.0 Å². The van der Waals surface area contributed by atoms with Crippen LogP contribution in [0.1, 0.15) is 25.0 Å². The summed E-state index contributed by atoms with van der Waals surface area (Å²) in [6.45, 7) is 1.72. The number of aliphatic hydroxyl groups is 1. The average Bonchev–Trinajstić information content (AvgIpc) is 3.16. The minimum Gasteiger partial charge on any atom is -0.388 e. The molecule has 26 heavy (non-hydrogen) atoms. The Morgan fingerprint density at radius 1 is 1.08 bits per heavy atom. The molecule has 3 rings (SSSR count). The molecule has 0 amide bonds. The molecule has 0 bridgehead atoms. The maximum atomic E-state index is 12.8. The number of rotatable bonds is 7. The molecule has 0 aliphatic heterocycles. The van der Waals surface area contributed by atoms with E-state index in [2.05, 4.69) is 9.88 Å². The minimum atomic E-state index is -3.79. The molecule has 3 aromatic rings. The van der Waals surface area contributed by atoms with E-state index in [0.29, 0.717) is 11.3 Å². The van der Waals surface area contributed by atoms with Crippen LogP contribution in [-0.2, 0) is 10.0 Å². The van der Waals surface area contributed by atoms with E-state index in [1.165, 1.54) is 12.3 Å². The highest BCUT2D eigenvalue weighted by Crippen LogP contribution is 2.27. The highest BCUT2D eigenvalue weighted by Gasteiger charge is 2.24. The number of sulfonamides is 1. The van der Waals surface area contributed by atoms with Gasteiger partial charge in [0, 0.05) is 17.7 Å². The quantitative estimate of drug-likeness (QED) is 0.665. The first-order chi connectivity index (χ1) is 12.5. The van der Waals surface area contributed by atoms with E-state index in [1.54, 1.807) is 31.2 Å². The number of benzene rings is 2. The van der Waals surface area contributed by atoms with Gasteiger partial charge in [-0.15, -0.1) is 0 Å². The van der Waals surface area contributed by atoms with Gasteiger partial charge in [-0.2, -0.15) is 0 Å². The topological polar surface area (TPSA) is 92.4 Å². The van der Waals surface area contributed by atoms with Crippen molar-refractivity contribution in [2.45, 2.75) is 30.4 Å². The third-order valence-corrected chi connectivity index (χ3v) is 5.65. The van der Waals surface area contributed by atoms with Crippen molar-refractivity contribution in [3.63, 3.8) is 0 Å². The molecule has 7 heteroatoms. The van der Waals surface area contributed by atoms with E-state index in [-0.39, 0.29) is 11.3 Å². The second-order valence-electron chi connectivity index (χ2n) is 6.06. The van der Waals surface area contributed by atoms with Gasteiger partial charge in [0.1, 0.15) is 0 Å². The van der Waals surface area contributed by atoms with Crippen LogP contribution in [0.5, 0.6) is 0 Å². The van der Waals surface area contributed by atoms with E-state index < -0.39 is 22.2 Å². The number of hydrogen-bond acceptors (Lipinski definition) is 5. The fourth-order valence-electron chi connectivity index (χ4n) is 2.78. The molecule has 0 aliphatic carbocycles. The van der Waals surface area contributed by atoms with Gasteiger partial charge >= 0.3 is 0 Å². The lowest BCUT2D eigenvalue weighted by Crippen LogP contribution is -2.34. The zero-order chi connectivity index (χ0) is 18.6. The van der Waals surface area contributed by atoms with Crippen LogP contribution in [-0.4, -0.2) is 24.7 Å². The molecule has 2 N–H and O–H groups in total. The minimum absolute atomic E-state index is 0.109. The molecular weight excluding hydrogens is 352 g/mol. The maximum absolute atomic E-state index is 12.8. The molecule has 0 fully saturated rings. The molecule has 6 nitrogen and oxygen atoms in total. The maximum Gasteiger partial charge on any atom is 0.241 e. The summed E-state index contributed by atoms with van der Waals surface area (Å²) < 4.78 is 33.4. The fraction of sp³-hybridized carbons (Fsp3) is 0.211. The molecule has 2 atom stereocenters. The molecular formula is C19H20N2O4S. The van der Waals surface area contributed by atoms with Crippen molar-refractivity contribution in [3.8, 4) is 11.3 Å². The summed E-state index contributed by atoms with van der Waals surface area (Å²) in [6.07, 6.45) is 0.969. The van der Waals surface area contributed by atoms with E-state index in [1.807, 2.05) is 30.3 Å².